The van der Waals surface area contributed by atoms with E-state index in [-0.39, 0.29) is 23.0 Å². The summed E-state index contributed by atoms with van der Waals surface area (Å²) < 4.78 is 2.15. The molecule has 0 saturated heterocycles. The van der Waals surface area contributed by atoms with Crippen LogP contribution in [0.25, 0.3) is 22.2 Å². The third kappa shape index (κ3) is 4.08. The van der Waals surface area contributed by atoms with Gasteiger partial charge >= 0.3 is 0 Å². The van der Waals surface area contributed by atoms with Gasteiger partial charge in [-0.05, 0) is 35.9 Å². The molecule has 0 atom stereocenters. The van der Waals surface area contributed by atoms with Crippen LogP contribution in [0, 0.1) is 0 Å². The Hall–Kier alpha value is -4.24. The number of anilines is 1. The fourth-order valence-electron chi connectivity index (χ4n) is 3.60. The number of nitrogens with one attached hydrogen (secondary N) is 1. The van der Waals surface area contributed by atoms with Gasteiger partial charge in [-0.3, -0.25) is 4.79 Å². The summed E-state index contributed by atoms with van der Waals surface area (Å²) in [7, 11) is 0. The molecule has 0 aliphatic carbocycles. The Morgan fingerprint density at radius 1 is 1.06 bits per heavy atom. The molecule has 0 spiro atoms. The molecule has 0 aliphatic rings. The van der Waals surface area contributed by atoms with Gasteiger partial charge in [0.05, 0.1) is 17.2 Å². The molecule has 0 radical (unpaired) electrons. The molecule has 5 rings (SSSR count). The number of nitrogens with two attached hydrogens (primary N) is 1. The number of nitrogens with zero attached hydrogens (tertiary/aromatic N) is 4. The van der Waals surface area contributed by atoms with E-state index < -0.39 is 0 Å². The Balaban J connectivity index is 1.62. The Labute approximate surface area is 202 Å². The Bertz CT molecular complexity index is 1560. The van der Waals surface area contributed by atoms with Gasteiger partial charge in [-0.25, -0.2) is 9.97 Å². The Morgan fingerprint density at radius 3 is 2.53 bits per heavy atom. The van der Waals surface area contributed by atoms with Crippen molar-refractivity contribution < 1.29 is 9.90 Å². The highest BCUT2D eigenvalue weighted by molar-refractivity contribution is 9.10. The summed E-state index contributed by atoms with van der Waals surface area (Å²) in [6, 6.07) is 21.9. The SMILES string of the molecule is Nc1c(C(=O)NCc2ccccc2)c2nc3ccccc3nc2n1/N=C/c1cc(Br)ccc1O. The van der Waals surface area contributed by atoms with Gasteiger partial charge < -0.3 is 16.2 Å². The summed E-state index contributed by atoms with van der Waals surface area (Å²) in [5.41, 5.74) is 10.0. The van der Waals surface area contributed by atoms with Crippen molar-refractivity contribution in [1.82, 2.24) is 20.0 Å². The molecule has 4 N–H and O–H groups in total. The smallest absolute Gasteiger partial charge is 0.257 e. The van der Waals surface area contributed by atoms with Crippen LogP contribution in [0.1, 0.15) is 21.5 Å². The molecule has 2 aromatic heterocycles. The largest absolute Gasteiger partial charge is 0.507 e. The first-order valence-electron chi connectivity index (χ1n) is 10.4. The molecule has 0 saturated carbocycles. The molecule has 1 amide bonds. The second-order valence-electron chi connectivity index (χ2n) is 7.57. The molecule has 8 nitrogen and oxygen atoms in total. The van der Waals surface area contributed by atoms with Crippen LogP contribution in [-0.2, 0) is 6.54 Å². The predicted octanol–water partition coefficient (Wildman–Crippen LogP) is 4.45. The molecule has 168 valence electrons. The van der Waals surface area contributed by atoms with E-state index in [1.807, 2.05) is 54.6 Å². The monoisotopic (exact) mass is 514 g/mol. The number of phenols is 1. The van der Waals surface area contributed by atoms with E-state index in [4.69, 9.17) is 5.73 Å². The zero-order chi connectivity index (χ0) is 23.7. The average molecular weight is 515 g/mol. The molecule has 3 aromatic carbocycles. The zero-order valence-electron chi connectivity index (χ0n) is 17.8. The number of phenolic OH excluding ortho intramolecular Hbond substituents is 1. The van der Waals surface area contributed by atoms with Crippen LogP contribution in [0.3, 0.4) is 0 Å². The van der Waals surface area contributed by atoms with Crippen molar-refractivity contribution in [1.29, 1.82) is 0 Å². The lowest BCUT2D eigenvalue weighted by Crippen LogP contribution is -2.23. The number of amides is 1. The lowest BCUT2D eigenvalue weighted by atomic mass is 10.2. The van der Waals surface area contributed by atoms with E-state index >= 15 is 0 Å². The third-order valence-corrected chi connectivity index (χ3v) is 5.79. The van der Waals surface area contributed by atoms with E-state index in [1.165, 1.54) is 10.9 Å². The van der Waals surface area contributed by atoms with Crippen molar-refractivity contribution in [2.24, 2.45) is 5.10 Å². The molecule has 5 aromatic rings. The van der Waals surface area contributed by atoms with Crippen molar-refractivity contribution in [2.75, 3.05) is 5.73 Å². The lowest BCUT2D eigenvalue weighted by molar-refractivity contribution is 0.0953. The second-order valence-corrected chi connectivity index (χ2v) is 8.49. The number of hydrogen-bond acceptors (Lipinski definition) is 6. The highest BCUT2D eigenvalue weighted by Gasteiger charge is 2.24. The fourth-order valence-corrected chi connectivity index (χ4v) is 3.98. The van der Waals surface area contributed by atoms with Gasteiger partial charge in [-0.1, -0.05) is 58.4 Å². The van der Waals surface area contributed by atoms with Crippen LogP contribution in [0.2, 0.25) is 0 Å². The Kier molecular flexibility index (Phi) is 5.69. The number of aromatic hydroxyl groups is 1. The van der Waals surface area contributed by atoms with E-state index in [1.54, 1.807) is 18.2 Å². The maximum Gasteiger partial charge on any atom is 0.257 e. The van der Waals surface area contributed by atoms with Crippen LogP contribution < -0.4 is 11.1 Å². The topological polar surface area (TPSA) is 118 Å². The first-order valence-corrected chi connectivity index (χ1v) is 11.2. The van der Waals surface area contributed by atoms with Gasteiger partial charge in [0.2, 0.25) is 0 Å². The second kappa shape index (κ2) is 8.95. The summed E-state index contributed by atoms with van der Waals surface area (Å²) in [5.74, 6) is -0.226. The van der Waals surface area contributed by atoms with E-state index in [0.717, 1.165) is 10.0 Å². The number of carbonyl (C=O) groups excluding carboxylic acids is 1. The molecule has 34 heavy (non-hydrogen) atoms. The molecule has 9 heteroatoms. The number of rotatable bonds is 5. The normalized spacial score (nSPS) is 11.4. The fraction of sp³-hybridized carbons (Fsp3) is 0.0400. The van der Waals surface area contributed by atoms with Gasteiger partial charge in [0, 0.05) is 16.6 Å². The van der Waals surface area contributed by atoms with E-state index in [2.05, 4.69) is 36.3 Å². The molecule has 0 unspecified atom stereocenters. The number of halogens is 1. The molecule has 0 fully saturated rings. The van der Waals surface area contributed by atoms with Crippen molar-refractivity contribution in [2.45, 2.75) is 6.54 Å². The first kappa shape index (κ1) is 21.6. The molecular formula is C25H19BrN6O2. The summed E-state index contributed by atoms with van der Waals surface area (Å²) >= 11 is 3.38. The summed E-state index contributed by atoms with van der Waals surface area (Å²) in [6.07, 6.45) is 1.46. The van der Waals surface area contributed by atoms with Crippen molar-refractivity contribution in [3.8, 4) is 5.75 Å². The van der Waals surface area contributed by atoms with Crippen molar-refractivity contribution >= 4 is 56.1 Å². The minimum atomic E-state index is -0.379. The van der Waals surface area contributed by atoms with Crippen molar-refractivity contribution in [3.05, 3.63) is 94.0 Å². The van der Waals surface area contributed by atoms with E-state index in [9.17, 15) is 9.90 Å². The zero-order valence-corrected chi connectivity index (χ0v) is 19.4. The maximum atomic E-state index is 13.2. The summed E-state index contributed by atoms with van der Waals surface area (Å²) in [4.78, 5) is 22.5. The van der Waals surface area contributed by atoms with Gasteiger partial charge in [0.15, 0.2) is 5.65 Å². The average Bonchev–Trinajstić information content (AvgIpc) is 3.12. The van der Waals surface area contributed by atoms with Crippen LogP contribution in [0.5, 0.6) is 5.75 Å². The number of para-hydroxylation sites is 2. The minimum absolute atomic E-state index is 0.0549. The van der Waals surface area contributed by atoms with Crippen LogP contribution in [0.15, 0.2) is 82.4 Å². The number of fused-ring (bicyclic) bond motifs is 2. The molecule has 0 bridgehead atoms. The number of carbonyl (C=O) groups is 1. The molecular weight excluding hydrogens is 496 g/mol. The first-order chi connectivity index (χ1) is 16.5. The van der Waals surface area contributed by atoms with Crippen LogP contribution >= 0.6 is 15.9 Å². The van der Waals surface area contributed by atoms with Crippen LogP contribution in [0.4, 0.5) is 5.82 Å². The van der Waals surface area contributed by atoms with Crippen molar-refractivity contribution in [3.63, 3.8) is 0 Å². The molecule has 2 heterocycles. The number of nitrogen functional groups attached to an aromatic ring is 1. The standard InChI is InChI=1S/C25H19BrN6O2/c26-17-10-11-20(33)16(12-17)14-29-32-23(27)21(25(34)28-13-15-6-2-1-3-7-15)22-24(32)31-19-9-5-4-8-18(19)30-22/h1-12,14,33H,13,27H2,(H,28,34)/b29-14+. The Morgan fingerprint density at radius 2 is 1.76 bits per heavy atom. The van der Waals surface area contributed by atoms with Crippen LogP contribution in [-0.4, -0.2) is 31.9 Å². The number of benzene rings is 3. The lowest BCUT2D eigenvalue weighted by Gasteiger charge is -2.05. The highest BCUT2D eigenvalue weighted by Crippen LogP contribution is 2.28. The quantitative estimate of drug-likeness (QED) is 0.299. The predicted molar refractivity (Wildman–Crippen MR) is 136 cm³/mol. The summed E-state index contributed by atoms with van der Waals surface area (Å²) in [6.45, 7) is 0.335. The minimum Gasteiger partial charge on any atom is -0.507 e. The van der Waals surface area contributed by atoms with E-state index in [0.29, 0.717) is 34.3 Å². The number of hydrogen-bond donors (Lipinski definition) is 3. The maximum absolute atomic E-state index is 13.2. The highest BCUT2D eigenvalue weighted by atomic mass is 79.9. The molecule has 0 aliphatic heterocycles. The third-order valence-electron chi connectivity index (χ3n) is 5.30. The summed E-state index contributed by atoms with van der Waals surface area (Å²) in [5, 5.41) is 17.5. The van der Waals surface area contributed by atoms with Gasteiger partial charge in [-0.2, -0.15) is 9.78 Å². The van der Waals surface area contributed by atoms with Gasteiger partial charge in [0.25, 0.3) is 5.91 Å². The number of aromatic nitrogens is 3. The van der Waals surface area contributed by atoms with Gasteiger partial charge in [0.1, 0.15) is 22.6 Å². The van der Waals surface area contributed by atoms with Gasteiger partial charge in [-0.15, -0.1) is 0 Å².